The number of aliphatic hydroxyl groups is 1. The van der Waals surface area contributed by atoms with E-state index in [4.69, 9.17) is 37.0 Å². The second-order valence-corrected chi connectivity index (χ2v) is 27.0. The number of hydrogen-bond acceptors (Lipinski definition) is 15. The van der Waals surface area contributed by atoms with Crippen molar-refractivity contribution in [1.29, 1.82) is 0 Å². The van der Waals surface area contributed by atoms with Crippen LogP contribution >= 0.6 is 15.6 Å². The van der Waals surface area contributed by atoms with Crippen LogP contribution < -0.4 is 0 Å². The molecule has 0 saturated heterocycles. The van der Waals surface area contributed by atoms with Crippen molar-refractivity contribution in [2.45, 2.75) is 336 Å². The van der Waals surface area contributed by atoms with E-state index >= 15 is 0 Å². The smallest absolute Gasteiger partial charge is 0.462 e. The maximum Gasteiger partial charge on any atom is 0.472 e. The molecule has 0 spiro atoms. The zero-order valence-electron chi connectivity index (χ0n) is 53.5. The van der Waals surface area contributed by atoms with Gasteiger partial charge in [0.2, 0.25) is 0 Å². The van der Waals surface area contributed by atoms with Crippen LogP contribution in [-0.4, -0.2) is 96.7 Å². The highest BCUT2D eigenvalue weighted by Crippen LogP contribution is 2.45. The van der Waals surface area contributed by atoms with Crippen LogP contribution in [0.2, 0.25) is 0 Å². The SMILES string of the molecule is CCCCCCCCCCCCCCC(=O)OC[C@H](COP(=O)(O)OC[C@@H](O)COP(=O)(O)OC[C@@H](COC(=O)CCCCCCCCC)OC(=O)CCCCCCCCCC(C)C)OC(=O)CCCCCCCCCCCCCC(C)C. The van der Waals surface area contributed by atoms with E-state index in [1.165, 1.54) is 122 Å². The number of hydrogen-bond donors (Lipinski definition) is 3. The number of unbranched alkanes of at least 4 members (excludes halogenated alkanes) is 33. The number of phosphoric ester groups is 2. The summed E-state index contributed by atoms with van der Waals surface area (Å²) >= 11 is 0. The number of esters is 4. The van der Waals surface area contributed by atoms with Crippen LogP contribution in [0.3, 0.4) is 0 Å². The number of carbonyl (C=O) groups is 4. The highest BCUT2D eigenvalue weighted by atomic mass is 31.2. The van der Waals surface area contributed by atoms with Crippen LogP contribution in [0.15, 0.2) is 0 Å². The van der Waals surface area contributed by atoms with Gasteiger partial charge in [-0.25, -0.2) is 9.13 Å². The Hall–Kier alpha value is -1.94. The molecule has 0 aliphatic carbocycles. The summed E-state index contributed by atoms with van der Waals surface area (Å²) in [5.74, 6) is -0.677. The highest BCUT2D eigenvalue weighted by molar-refractivity contribution is 7.47. The van der Waals surface area contributed by atoms with Gasteiger partial charge >= 0.3 is 39.5 Å². The summed E-state index contributed by atoms with van der Waals surface area (Å²) < 4.78 is 67.9. The third-order valence-electron chi connectivity index (χ3n) is 14.7. The van der Waals surface area contributed by atoms with Gasteiger partial charge in [-0.15, -0.1) is 0 Å². The second-order valence-electron chi connectivity index (χ2n) is 24.1. The Balaban J connectivity index is 5.22. The summed E-state index contributed by atoms with van der Waals surface area (Å²) in [4.78, 5) is 72.1. The lowest BCUT2D eigenvalue weighted by molar-refractivity contribution is -0.161. The lowest BCUT2D eigenvalue weighted by atomic mass is 10.0. The first-order valence-electron chi connectivity index (χ1n) is 33.5. The van der Waals surface area contributed by atoms with Gasteiger partial charge < -0.3 is 33.8 Å². The topological polar surface area (TPSA) is 237 Å². The van der Waals surface area contributed by atoms with E-state index in [2.05, 4.69) is 41.5 Å². The summed E-state index contributed by atoms with van der Waals surface area (Å²) in [6.07, 6.45) is 39.1. The van der Waals surface area contributed by atoms with Crippen LogP contribution in [0.4, 0.5) is 0 Å². The molecule has 0 aliphatic rings. The van der Waals surface area contributed by atoms with Gasteiger partial charge in [0, 0.05) is 25.7 Å². The zero-order chi connectivity index (χ0) is 61.5. The summed E-state index contributed by atoms with van der Waals surface area (Å²) in [6, 6.07) is 0. The Labute approximate surface area is 505 Å². The molecule has 0 aliphatic heterocycles. The standard InChI is InChI=1S/C64H124O17P2/c1-7-9-11-13-15-16-17-20-23-29-35-41-47-62(67)75-53-60(80-63(68)48-42-36-30-24-21-18-19-22-27-32-38-44-56(3)4)55-79-83(72,73)77-51-58(65)50-76-82(70,71)78-54-59(52-74-61(66)46-40-34-26-14-12-10-8-2)81-64(69)49-43-37-31-25-28-33-39-45-57(5)6/h56-60,65H,7-55H2,1-6H3,(H,70,71)(H,72,73)/t58-,59+,60+/m0/s1. The minimum absolute atomic E-state index is 0.103. The van der Waals surface area contributed by atoms with Gasteiger partial charge in [0.1, 0.15) is 19.3 Å². The molecule has 0 bridgehead atoms. The van der Waals surface area contributed by atoms with Gasteiger partial charge in [-0.05, 0) is 37.5 Å². The molecule has 0 fully saturated rings. The molecule has 0 rings (SSSR count). The quantitative estimate of drug-likeness (QED) is 0.0222. The predicted molar refractivity (Wildman–Crippen MR) is 331 cm³/mol. The van der Waals surface area contributed by atoms with Crippen LogP contribution in [-0.2, 0) is 65.4 Å². The van der Waals surface area contributed by atoms with Crippen molar-refractivity contribution in [2.75, 3.05) is 39.6 Å². The van der Waals surface area contributed by atoms with Gasteiger partial charge in [0.05, 0.1) is 26.4 Å². The van der Waals surface area contributed by atoms with Crippen molar-refractivity contribution in [3.05, 3.63) is 0 Å². The molecule has 17 nitrogen and oxygen atoms in total. The Morgan fingerprint density at radius 1 is 0.325 bits per heavy atom. The number of rotatable bonds is 63. The molecule has 5 atom stereocenters. The molecule has 0 heterocycles. The van der Waals surface area contributed by atoms with Crippen molar-refractivity contribution in [3.8, 4) is 0 Å². The normalized spacial score (nSPS) is 14.3. The second kappa shape index (κ2) is 56.6. The zero-order valence-corrected chi connectivity index (χ0v) is 55.3. The van der Waals surface area contributed by atoms with Crippen LogP contribution in [0, 0.1) is 11.8 Å². The third-order valence-corrected chi connectivity index (χ3v) is 16.6. The monoisotopic (exact) mass is 1230 g/mol. The largest absolute Gasteiger partial charge is 0.472 e. The average molecular weight is 1230 g/mol. The molecule has 0 saturated carbocycles. The number of ether oxygens (including phenoxy) is 4. The van der Waals surface area contributed by atoms with E-state index in [9.17, 15) is 43.2 Å². The molecular formula is C64H124O17P2. The van der Waals surface area contributed by atoms with E-state index in [1.807, 2.05) is 0 Å². The highest BCUT2D eigenvalue weighted by Gasteiger charge is 2.30. The molecule has 0 aromatic rings. The summed E-state index contributed by atoms with van der Waals surface area (Å²) in [7, 11) is -9.88. The summed E-state index contributed by atoms with van der Waals surface area (Å²) in [6.45, 7) is 9.39. The fraction of sp³-hybridized carbons (Fsp3) is 0.938. The van der Waals surface area contributed by atoms with Gasteiger partial charge in [-0.2, -0.15) is 0 Å². The van der Waals surface area contributed by atoms with Crippen LogP contribution in [0.5, 0.6) is 0 Å². The molecule has 0 amide bonds. The van der Waals surface area contributed by atoms with E-state index in [0.29, 0.717) is 31.6 Å². The van der Waals surface area contributed by atoms with Crippen molar-refractivity contribution >= 4 is 39.5 Å². The van der Waals surface area contributed by atoms with E-state index in [-0.39, 0.29) is 25.7 Å². The fourth-order valence-electron chi connectivity index (χ4n) is 9.53. The molecule has 2 unspecified atom stereocenters. The Morgan fingerprint density at radius 3 is 0.819 bits per heavy atom. The first kappa shape index (κ1) is 81.1. The van der Waals surface area contributed by atoms with Crippen molar-refractivity contribution in [1.82, 2.24) is 0 Å². The Morgan fingerprint density at radius 2 is 0.554 bits per heavy atom. The molecule has 0 aromatic heterocycles. The lowest BCUT2D eigenvalue weighted by Gasteiger charge is -2.21. The number of phosphoric acid groups is 2. The van der Waals surface area contributed by atoms with Crippen molar-refractivity contribution in [2.24, 2.45) is 11.8 Å². The lowest BCUT2D eigenvalue weighted by Crippen LogP contribution is -2.30. The first-order valence-corrected chi connectivity index (χ1v) is 36.5. The molecule has 83 heavy (non-hydrogen) atoms. The minimum Gasteiger partial charge on any atom is -0.462 e. The van der Waals surface area contributed by atoms with Gasteiger partial charge in [0.15, 0.2) is 12.2 Å². The molecule has 492 valence electrons. The Kier molecular flexibility index (Phi) is 55.2. The Bertz CT molecular complexity index is 1630. The van der Waals surface area contributed by atoms with Crippen molar-refractivity contribution < 1.29 is 80.2 Å². The third kappa shape index (κ3) is 58.8. The van der Waals surface area contributed by atoms with Gasteiger partial charge in [-0.3, -0.25) is 37.3 Å². The van der Waals surface area contributed by atoms with Crippen LogP contribution in [0.1, 0.15) is 318 Å². The fourth-order valence-corrected chi connectivity index (χ4v) is 11.1. The summed E-state index contributed by atoms with van der Waals surface area (Å²) in [5, 5.41) is 10.5. The molecule has 3 N–H and O–H groups in total. The number of aliphatic hydroxyl groups excluding tert-OH is 1. The van der Waals surface area contributed by atoms with Crippen LogP contribution in [0.25, 0.3) is 0 Å². The first-order chi connectivity index (χ1) is 39.9. The maximum atomic E-state index is 13.0. The minimum atomic E-state index is -4.94. The van der Waals surface area contributed by atoms with E-state index in [1.54, 1.807) is 0 Å². The molecular weight excluding hydrogens is 1100 g/mol. The van der Waals surface area contributed by atoms with Gasteiger partial charge in [0.25, 0.3) is 0 Å². The van der Waals surface area contributed by atoms with Gasteiger partial charge in [-0.1, -0.05) is 266 Å². The molecule has 0 radical (unpaired) electrons. The van der Waals surface area contributed by atoms with E-state index < -0.39 is 97.5 Å². The predicted octanol–water partition coefficient (Wildman–Crippen LogP) is 17.7. The average Bonchev–Trinajstić information content (AvgIpc) is 3.44. The van der Waals surface area contributed by atoms with Crippen molar-refractivity contribution in [3.63, 3.8) is 0 Å². The summed E-state index contributed by atoms with van der Waals surface area (Å²) in [5.41, 5.74) is 0. The molecule has 0 aromatic carbocycles. The number of carbonyl (C=O) groups excluding carboxylic acids is 4. The maximum absolute atomic E-state index is 13.0. The molecule has 19 heteroatoms. The van der Waals surface area contributed by atoms with E-state index in [0.717, 1.165) is 109 Å².